The lowest BCUT2D eigenvalue weighted by atomic mass is 10.1. The third-order valence-corrected chi connectivity index (χ3v) is 3.13. The van der Waals surface area contributed by atoms with Crippen molar-refractivity contribution < 1.29 is 10.0 Å². The van der Waals surface area contributed by atoms with Crippen LogP contribution in [0.3, 0.4) is 0 Å². The van der Waals surface area contributed by atoms with Crippen molar-refractivity contribution in [1.82, 2.24) is 5.48 Å². The summed E-state index contributed by atoms with van der Waals surface area (Å²) in [6.45, 7) is 0.647. The van der Waals surface area contributed by atoms with E-state index in [1.165, 1.54) is 6.08 Å². The maximum atomic E-state index is 11.0. The molecule has 0 aliphatic heterocycles. The first-order chi connectivity index (χ1) is 10.2. The largest absolute Gasteiger partial charge is 0.380 e. The summed E-state index contributed by atoms with van der Waals surface area (Å²) < 4.78 is 0. The van der Waals surface area contributed by atoms with Crippen molar-refractivity contribution in [3.05, 3.63) is 70.8 Å². The standard InChI is InChI=1S/C16H15ClN2O2/c17-14-8-5-12(6-9-14)11-18-15-4-2-1-3-13(15)7-10-16(20)19-21/h1-10,18,21H,11H2,(H,19,20)/b10-7+. The van der Waals surface area contributed by atoms with Gasteiger partial charge in [0, 0.05) is 23.3 Å². The Morgan fingerprint density at radius 2 is 1.86 bits per heavy atom. The van der Waals surface area contributed by atoms with Gasteiger partial charge in [-0.05, 0) is 35.4 Å². The van der Waals surface area contributed by atoms with Crippen LogP contribution in [-0.4, -0.2) is 11.1 Å². The van der Waals surface area contributed by atoms with Gasteiger partial charge in [0.05, 0.1) is 0 Å². The minimum absolute atomic E-state index is 0.567. The monoisotopic (exact) mass is 302 g/mol. The van der Waals surface area contributed by atoms with Crippen LogP contribution in [0.1, 0.15) is 11.1 Å². The molecule has 0 fully saturated rings. The number of rotatable bonds is 5. The van der Waals surface area contributed by atoms with Crippen molar-refractivity contribution in [3.63, 3.8) is 0 Å². The third kappa shape index (κ3) is 4.63. The molecule has 0 heterocycles. The molecule has 2 rings (SSSR count). The van der Waals surface area contributed by atoms with Crippen molar-refractivity contribution in [2.45, 2.75) is 6.54 Å². The van der Waals surface area contributed by atoms with Gasteiger partial charge in [-0.15, -0.1) is 0 Å². The van der Waals surface area contributed by atoms with Crippen LogP contribution in [0.4, 0.5) is 5.69 Å². The number of hydrogen-bond acceptors (Lipinski definition) is 3. The molecule has 0 aliphatic carbocycles. The quantitative estimate of drug-likeness (QED) is 0.450. The van der Waals surface area contributed by atoms with Gasteiger partial charge in [0.2, 0.25) is 0 Å². The van der Waals surface area contributed by atoms with Crippen LogP contribution in [0.15, 0.2) is 54.6 Å². The molecule has 0 radical (unpaired) electrons. The predicted molar refractivity (Wildman–Crippen MR) is 84.2 cm³/mol. The summed E-state index contributed by atoms with van der Waals surface area (Å²) in [4.78, 5) is 11.0. The topological polar surface area (TPSA) is 61.4 Å². The molecule has 108 valence electrons. The van der Waals surface area contributed by atoms with Gasteiger partial charge in [-0.1, -0.05) is 41.9 Å². The van der Waals surface area contributed by atoms with Gasteiger partial charge in [-0.3, -0.25) is 10.0 Å². The average Bonchev–Trinajstić information content (AvgIpc) is 2.52. The molecular formula is C16H15ClN2O2. The van der Waals surface area contributed by atoms with E-state index < -0.39 is 5.91 Å². The Morgan fingerprint density at radius 1 is 1.14 bits per heavy atom. The summed E-state index contributed by atoms with van der Waals surface area (Å²) in [6.07, 6.45) is 2.90. The number of carbonyl (C=O) groups excluding carboxylic acids is 1. The van der Waals surface area contributed by atoms with E-state index in [0.717, 1.165) is 16.8 Å². The molecule has 2 aromatic carbocycles. The summed E-state index contributed by atoms with van der Waals surface area (Å²) >= 11 is 5.85. The van der Waals surface area contributed by atoms with Crippen LogP contribution >= 0.6 is 11.6 Å². The molecule has 0 aromatic heterocycles. The molecular weight excluding hydrogens is 288 g/mol. The lowest BCUT2D eigenvalue weighted by molar-refractivity contribution is -0.124. The zero-order valence-electron chi connectivity index (χ0n) is 11.2. The molecule has 1 amide bonds. The van der Waals surface area contributed by atoms with E-state index in [0.29, 0.717) is 11.6 Å². The number of hydrogen-bond donors (Lipinski definition) is 3. The number of carbonyl (C=O) groups is 1. The van der Waals surface area contributed by atoms with E-state index >= 15 is 0 Å². The summed E-state index contributed by atoms with van der Waals surface area (Å²) in [7, 11) is 0. The van der Waals surface area contributed by atoms with Crippen LogP contribution in [0, 0.1) is 0 Å². The van der Waals surface area contributed by atoms with Crippen LogP contribution in [0.5, 0.6) is 0 Å². The zero-order valence-corrected chi connectivity index (χ0v) is 12.0. The average molecular weight is 303 g/mol. The molecule has 0 bridgehead atoms. The lowest BCUT2D eigenvalue weighted by Crippen LogP contribution is -2.14. The Kier molecular flexibility index (Phi) is 5.37. The SMILES string of the molecule is O=C(/C=C/c1ccccc1NCc1ccc(Cl)cc1)NO. The molecule has 0 saturated heterocycles. The fourth-order valence-electron chi connectivity index (χ4n) is 1.81. The zero-order chi connectivity index (χ0) is 15.1. The first-order valence-corrected chi connectivity index (χ1v) is 6.76. The number of halogens is 1. The molecule has 4 nitrogen and oxygen atoms in total. The number of benzene rings is 2. The van der Waals surface area contributed by atoms with Gasteiger partial charge in [-0.2, -0.15) is 0 Å². The second-order valence-corrected chi connectivity index (χ2v) is 4.81. The lowest BCUT2D eigenvalue weighted by Gasteiger charge is -2.09. The second-order valence-electron chi connectivity index (χ2n) is 4.38. The van der Waals surface area contributed by atoms with E-state index in [1.54, 1.807) is 11.6 Å². The van der Waals surface area contributed by atoms with Gasteiger partial charge in [0.25, 0.3) is 5.91 Å². The van der Waals surface area contributed by atoms with Gasteiger partial charge < -0.3 is 5.32 Å². The minimum Gasteiger partial charge on any atom is -0.380 e. The Labute approximate surface area is 128 Å². The van der Waals surface area contributed by atoms with Crippen LogP contribution in [-0.2, 0) is 11.3 Å². The molecule has 0 aliphatic rings. The van der Waals surface area contributed by atoms with E-state index in [1.807, 2.05) is 48.5 Å². The van der Waals surface area contributed by atoms with Crippen molar-refractivity contribution in [1.29, 1.82) is 0 Å². The molecule has 0 unspecified atom stereocenters. The molecule has 21 heavy (non-hydrogen) atoms. The number of amides is 1. The fourth-order valence-corrected chi connectivity index (χ4v) is 1.93. The van der Waals surface area contributed by atoms with Gasteiger partial charge in [0.15, 0.2) is 0 Å². The smallest absolute Gasteiger partial charge is 0.267 e. The molecule has 0 spiro atoms. The summed E-state index contributed by atoms with van der Waals surface area (Å²) in [5, 5.41) is 12.5. The van der Waals surface area contributed by atoms with Gasteiger partial charge >= 0.3 is 0 Å². The van der Waals surface area contributed by atoms with Crippen molar-refractivity contribution in [2.75, 3.05) is 5.32 Å². The number of nitrogens with one attached hydrogen (secondary N) is 2. The molecule has 5 heteroatoms. The summed E-state index contributed by atoms with van der Waals surface area (Å²) in [5.41, 5.74) is 4.42. The highest BCUT2D eigenvalue weighted by Crippen LogP contribution is 2.18. The molecule has 0 saturated carbocycles. The van der Waals surface area contributed by atoms with E-state index in [4.69, 9.17) is 16.8 Å². The van der Waals surface area contributed by atoms with Gasteiger partial charge in [-0.25, -0.2) is 5.48 Å². The summed E-state index contributed by atoms with van der Waals surface area (Å²) in [6, 6.07) is 15.2. The first-order valence-electron chi connectivity index (χ1n) is 6.38. The first kappa shape index (κ1) is 15.1. The Morgan fingerprint density at radius 3 is 2.57 bits per heavy atom. The third-order valence-electron chi connectivity index (χ3n) is 2.88. The van der Waals surface area contributed by atoms with Crippen molar-refractivity contribution in [2.24, 2.45) is 0 Å². The molecule has 0 atom stereocenters. The molecule has 3 N–H and O–H groups in total. The van der Waals surface area contributed by atoms with Crippen LogP contribution in [0.25, 0.3) is 6.08 Å². The van der Waals surface area contributed by atoms with E-state index in [-0.39, 0.29) is 0 Å². The highest BCUT2D eigenvalue weighted by Gasteiger charge is 2.00. The van der Waals surface area contributed by atoms with E-state index in [9.17, 15) is 4.79 Å². The predicted octanol–water partition coefficient (Wildman–Crippen LogP) is 3.47. The number of para-hydroxylation sites is 1. The van der Waals surface area contributed by atoms with E-state index in [2.05, 4.69) is 5.32 Å². The summed E-state index contributed by atoms with van der Waals surface area (Å²) in [5.74, 6) is -0.567. The Hall–Kier alpha value is -2.30. The maximum Gasteiger partial charge on any atom is 0.267 e. The van der Waals surface area contributed by atoms with Gasteiger partial charge in [0.1, 0.15) is 0 Å². The minimum atomic E-state index is -0.567. The Bertz CT molecular complexity index is 639. The van der Waals surface area contributed by atoms with Crippen LogP contribution in [0.2, 0.25) is 5.02 Å². The fraction of sp³-hybridized carbons (Fsp3) is 0.0625. The van der Waals surface area contributed by atoms with Crippen molar-refractivity contribution in [3.8, 4) is 0 Å². The number of hydroxylamine groups is 1. The normalized spacial score (nSPS) is 10.6. The highest BCUT2D eigenvalue weighted by molar-refractivity contribution is 6.30. The van der Waals surface area contributed by atoms with Crippen LogP contribution < -0.4 is 10.8 Å². The highest BCUT2D eigenvalue weighted by atomic mass is 35.5. The second kappa shape index (κ2) is 7.47. The maximum absolute atomic E-state index is 11.0. The number of anilines is 1. The Balaban J connectivity index is 2.07. The molecule has 2 aromatic rings. The van der Waals surface area contributed by atoms with Crippen molar-refractivity contribution >= 4 is 29.3 Å².